The van der Waals surface area contributed by atoms with Gasteiger partial charge < -0.3 is 0 Å². The van der Waals surface area contributed by atoms with E-state index in [4.69, 9.17) is 0 Å². The van der Waals surface area contributed by atoms with E-state index in [-0.39, 0.29) is 0 Å². The first-order valence-corrected chi connectivity index (χ1v) is 7.16. The minimum absolute atomic E-state index is 0.729. The zero-order valence-corrected chi connectivity index (χ0v) is 8.12. The van der Waals surface area contributed by atoms with Crippen LogP contribution in [0.3, 0.4) is 0 Å². The molecule has 0 bridgehead atoms. The predicted octanol–water partition coefficient (Wildman–Crippen LogP) is 3.27. The Morgan fingerprint density at radius 3 is 1.89 bits per heavy atom. The van der Waals surface area contributed by atoms with Crippen LogP contribution in [0.25, 0.3) is 0 Å². The molecule has 1 saturated heterocycles. The first-order valence-electron chi connectivity index (χ1n) is 3.96. The molecule has 0 aromatic rings. The Morgan fingerprint density at radius 2 is 1.78 bits per heavy atom. The third-order valence-electron chi connectivity index (χ3n) is 3.44. The van der Waals surface area contributed by atoms with Crippen LogP contribution in [0.4, 0.5) is 0 Å². The molecule has 0 aromatic heterocycles. The molecule has 9 heavy (non-hydrogen) atoms. The standard InChI is InChI=1S/C8H18Si/c1-8(2)6-5-7-9(8,3)4/h5-7H2,1-4H3. The van der Waals surface area contributed by atoms with Gasteiger partial charge in [0.2, 0.25) is 0 Å². The van der Waals surface area contributed by atoms with Gasteiger partial charge in [-0.2, -0.15) is 0 Å². The summed E-state index contributed by atoms with van der Waals surface area (Å²) in [5.74, 6) is 0. The van der Waals surface area contributed by atoms with E-state index in [1.54, 1.807) is 6.04 Å². The zero-order valence-electron chi connectivity index (χ0n) is 7.12. The van der Waals surface area contributed by atoms with Gasteiger partial charge in [0.05, 0.1) is 8.07 Å². The second kappa shape index (κ2) is 1.85. The number of hydrogen-bond acceptors (Lipinski definition) is 0. The highest BCUT2D eigenvalue weighted by Crippen LogP contribution is 2.50. The molecule has 0 aliphatic carbocycles. The van der Waals surface area contributed by atoms with Gasteiger partial charge in [-0.1, -0.05) is 45.8 Å². The largest absolute Gasteiger partial charge is 0.0690 e. The Kier molecular flexibility index (Phi) is 1.50. The molecule has 1 rings (SSSR count). The Bertz CT molecular complexity index is 99.7. The fourth-order valence-corrected chi connectivity index (χ4v) is 4.24. The molecule has 0 spiro atoms. The van der Waals surface area contributed by atoms with Gasteiger partial charge in [0, 0.05) is 0 Å². The van der Waals surface area contributed by atoms with Crippen molar-refractivity contribution in [2.45, 2.75) is 50.9 Å². The molecule has 1 aliphatic rings. The van der Waals surface area contributed by atoms with Gasteiger partial charge in [0.1, 0.15) is 0 Å². The predicted molar refractivity (Wildman–Crippen MR) is 45.6 cm³/mol. The first-order chi connectivity index (χ1) is 3.96. The molecule has 54 valence electrons. The SMILES string of the molecule is CC1(C)CCC[Si]1(C)C. The summed E-state index contributed by atoms with van der Waals surface area (Å²) in [5.41, 5.74) is 0. The summed E-state index contributed by atoms with van der Waals surface area (Å²) in [7, 11) is -0.768. The van der Waals surface area contributed by atoms with Crippen LogP contribution in [0.1, 0.15) is 26.7 Å². The van der Waals surface area contributed by atoms with Crippen LogP contribution in [0.2, 0.25) is 24.2 Å². The fourth-order valence-electron chi connectivity index (χ4n) is 1.65. The maximum absolute atomic E-state index is 2.53. The van der Waals surface area contributed by atoms with Crippen molar-refractivity contribution in [2.75, 3.05) is 0 Å². The molecular formula is C8H18Si. The minimum atomic E-state index is -0.768. The summed E-state index contributed by atoms with van der Waals surface area (Å²) in [5, 5.41) is 0.729. The van der Waals surface area contributed by atoms with Gasteiger partial charge in [-0.3, -0.25) is 0 Å². The van der Waals surface area contributed by atoms with Crippen molar-refractivity contribution in [3.05, 3.63) is 0 Å². The Balaban J connectivity index is 2.75. The van der Waals surface area contributed by atoms with Crippen LogP contribution in [0.15, 0.2) is 0 Å². The molecule has 0 N–H and O–H groups in total. The van der Waals surface area contributed by atoms with E-state index in [1.807, 2.05) is 0 Å². The maximum Gasteiger partial charge on any atom is 0.0530 e. The van der Waals surface area contributed by atoms with Crippen LogP contribution in [-0.4, -0.2) is 8.07 Å². The van der Waals surface area contributed by atoms with Crippen molar-refractivity contribution in [3.63, 3.8) is 0 Å². The van der Waals surface area contributed by atoms with Crippen LogP contribution >= 0.6 is 0 Å². The summed E-state index contributed by atoms with van der Waals surface area (Å²) >= 11 is 0. The Morgan fingerprint density at radius 1 is 1.22 bits per heavy atom. The summed E-state index contributed by atoms with van der Waals surface area (Å²) in [4.78, 5) is 0. The average molecular weight is 142 g/mol. The highest BCUT2D eigenvalue weighted by atomic mass is 28.3. The fraction of sp³-hybridized carbons (Fsp3) is 1.00. The molecule has 0 atom stereocenters. The molecular weight excluding hydrogens is 124 g/mol. The lowest BCUT2D eigenvalue weighted by Gasteiger charge is -2.32. The molecule has 1 heterocycles. The monoisotopic (exact) mass is 142 g/mol. The van der Waals surface area contributed by atoms with Crippen molar-refractivity contribution in [2.24, 2.45) is 0 Å². The highest BCUT2D eigenvalue weighted by molar-refractivity contribution is 6.80. The Hall–Kier alpha value is 0.217. The minimum Gasteiger partial charge on any atom is -0.0690 e. The normalized spacial score (nSPS) is 30.7. The second-order valence-corrected chi connectivity index (χ2v) is 10.2. The van der Waals surface area contributed by atoms with Gasteiger partial charge in [0.25, 0.3) is 0 Å². The van der Waals surface area contributed by atoms with Crippen molar-refractivity contribution in [3.8, 4) is 0 Å². The van der Waals surface area contributed by atoms with E-state index >= 15 is 0 Å². The van der Waals surface area contributed by atoms with Gasteiger partial charge >= 0.3 is 0 Å². The molecule has 1 heteroatoms. The number of hydrogen-bond donors (Lipinski definition) is 0. The molecule has 0 unspecified atom stereocenters. The van der Waals surface area contributed by atoms with E-state index in [0.29, 0.717) is 0 Å². The van der Waals surface area contributed by atoms with Crippen LogP contribution < -0.4 is 0 Å². The smallest absolute Gasteiger partial charge is 0.0530 e. The Labute approximate surface area is 59.7 Å². The zero-order chi connectivity index (χ0) is 7.12. The lowest BCUT2D eigenvalue weighted by Crippen LogP contribution is -2.32. The van der Waals surface area contributed by atoms with Crippen LogP contribution in [0.5, 0.6) is 0 Å². The lowest BCUT2D eigenvalue weighted by molar-refractivity contribution is 0.625. The van der Waals surface area contributed by atoms with Crippen molar-refractivity contribution in [1.29, 1.82) is 0 Å². The third kappa shape index (κ3) is 1.07. The molecule has 0 aromatic carbocycles. The maximum atomic E-state index is 2.53. The van der Waals surface area contributed by atoms with E-state index in [2.05, 4.69) is 26.9 Å². The summed E-state index contributed by atoms with van der Waals surface area (Å²) in [6, 6.07) is 1.56. The van der Waals surface area contributed by atoms with Gasteiger partial charge in [-0.15, -0.1) is 0 Å². The lowest BCUT2D eigenvalue weighted by atomic mass is 10.1. The average Bonchev–Trinajstić information content (AvgIpc) is 1.81. The molecule has 0 nitrogen and oxygen atoms in total. The van der Waals surface area contributed by atoms with E-state index in [1.165, 1.54) is 12.8 Å². The molecule has 1 aliphatic heterocycles. The van der Waals surface area contributed by atoms with Crippen molar-refractivity contribution < 1.29 is 0 Å². The number of rotatable bonds is 0. The van der Waals surface area contributed by atoms with Crippen molar-refractivity contribution in [1.82, 2.24) is 0 Å². The van der Waals surface area contributed by atoms with Gasteiger partial charge in [-0.05, 0) is 5.04 Å². The quantitative estimate of drug-likeness (QED) is 0.455. The van der Waals surface area contributed by atoms with E-state index in [0.717, 1.165) is 5.04 Å². The van der Waals surface area contributed by atoms with Gasteiger partial charge in [-0.25, -0.2) is 0 Å². The van der Waals surface area contributed by atoms with Crippen LogP contribution in [-0.2, 0) is 0 Å². The summed E-state index contributed by atoms with van der Waals surface area (Å²) < 4.78 is 0. The molecule has 0 radical (unpaired) electrons. The van der Waals surface area contributed by atoms with Crippen LogP contribution in [0, 0.1) is 0 Å². The highest BCUT2D eigenvalue weighted by Gasteiger charge is 2.42. The molecule has 1 fully saturated rings. The topological polar surface area (TPSA) is 0 Å². The van der Waals surface area contributed by atoms with E-state index < -0.39 is 8.07 Å². The first kappa shape index (κ1) is 7.33. The third-order valence-corrected chi connectivity index (χ3v) is 8.95. The second-order valence-electron chi connectivity index (χ2n) is 4.62. The molecule has 0 amide bonds. The van der Waals surface area contributed by atoms with E-state index in [9.17, 15) is 0 Å². The van der Waals surface area contributed by atoms with Crippen molar-refractivity contribution >= 4 is 8.07 Å². The summed E-state index contributed by atoms with van der Waals surface area (Å²) in [6.07, 6.45) is 2.97. The molecule has 0 saturated carbocycles. The van der Waals surface area contributed by atoms with Gasteiger partial charge in [0.15, 0.2) is 0 Å². The summed E-state index contributed by atoms with van der Waals surface area (Å²) in [6.45, 7) is 9.96.